The number of urea groups is 1. The number of hydrogen-bond donors (Lipinski definition) is 3. The Labute approximate surface area is 226 Å². The van der Waals surface area contributed by atoms with Crippen LogP contribution in [0.4, 0.5) is 16.2 Å². The second kappa shape index (κ2) is 13.1. The summed E-state index contributed by atoms with van der Waals surface area (Å²) >= 11 is 0. The summed E-state index contributed by atoms with van der Waals surface area (Å²) in [5.41, 5.74) is 3.58. The molecule has 3 N–H and O–H groups in total. The molecule has 0 bridgehead atoms. The second-order valence-electron chi connectivity index (χ2n) is 11.1. The van der Waals surface area contributed by atoms with Crippen molar-refractivity contribution in [3.05, 3.63) is 59.7 Å². The lowest BCUT2D eigenvalue weighted by Gasteiger charge is -2.35. The van der Waals surface area contributed by atoms with Crippen LogP contribution in [0.25, 0.3) is 0 Å². The van der Waals surface area contributed by atoms with Gasteiger partial charge in [0.15, 0.2) is 0 Å². The molecule has 0 aromatic heterocycles. The summed E-state index contributed by atoms with van der Waals surface area (Å²) in [5.74, 6) is 0.535. The Morgan fingerprint density at radius 3 is 2.42 bits per heavy atom. The number of nitrogens with zero attached hydrogens (tertiary/aromatic N) is 1. The Morgan fingerprint density at radius 2 is 1.68 bits per heavy atom. The molecule has 3 amide bonds. The Bertz CT molecular complexity index is 1060. The van der Waals surface area contributed by atoms with Gasteiger partial charge in [-0.3, -0.25) is 4.79 Å². The monoisotopic (exact) mass is 518 g/mol. The van der Waals surface area contributed by atoms with Gasteiger partial charge in [0.05, 0.1) is 11.7 Å². The average molecular weight is 519 g/mol. The van der Waals surface area contributed by atoms with E-state index in [1.54, 1.807) is 0 Å². The first kappa shape index (κ1) is 26.5. The highest BCUT2D eigenvalue weighted by Gasteiger charge is 2.25. The molecule has 7 heteroatoms. The molecule has 2 aromatic rings. The number of piperidine rings is 1. The quantitative estimate of drug-likeness (QED) is 0.430. The molecule has 0 spiro atoms. The van der Waals surface area contributed by atoms with E-state index in [4.69, 9.17) is 4.74 Å². The fraction of sp³-hybridized carbons (Fsp3) is 0.548. The molecule has 3 fully saturated rings. The van der Waals surface area contributed by atoms with Crippen LogP contribution in [0.3, 0.4) is 0 Å². The number of ether oxygens (including phenoxy) is 1. The van der Waals surface area contributed by atoms with Crippen LogP contribution >= 0.6 is 0 Å². The van der Waals surface area contributed by atoms with E-state index >= 15 is 0 Å². The molecule has 2 aromatic carbocycles. The fourth-order valence-electron chi connectivity index (χ4n) is 6.10. The zero-order chi connectivity index (χ0) is 26.2. The topological polar surface area (TPSA) is 82.7 Å². The number of anilines is 2. The maximum Gasteiger partial charge on any atom is 0.319 e. The minimum Gasteiger partial charge on any atom is -0.376 e. The standard InChI is InChI=1S/C31H42N4O3/c36-30(32-22-27-12-7-19-38-27)28-21-26(34-31(37)33-25-10-5-2-6-11-25)13-14-29(28)35-17-15-24(16-18-35)20-23-8-3-1-4-9-23/h1,3-4,8-9,13-14,21,24-25,27H,2,5-7,10-12,15-20,22H2,(H,32,36)(H2,33,34,37). The molecule has 2 saturated heterocycles. The first-order valence-electron chi connectivity index (χ1n) is 14.5. The third-order valence-corrected chi connectivity index (χ3v) is 8.28. The molecule has 204 valence electrons. The third kappa shape index (κ3) is 7.28. The Balaban J connectivity index is 1.25. The van der Waals surface area contributed by atoms with Crippen LogP contribution in [0.2, 0.25) is 0 Å². The van der Waals surface area contributed by atoms with Gasteiger partial charge in [-0.2, -0.15) is 0 Å². The van der Waals surface area contributed by atoms with Gasteiger partial charge in [0.2, 0.25) is 0 Å². The van der Waals surface area contributed by atoms with E-state index in [-0.39, 0.29) is 24.1 Å². The minimum atomic E-state index is -0.197. The maximum absolute atomic E-state index is 13.4. The average Bonchev–Trinajstić information content (AvgIpc) is 3.47. The predicted octanol–water partition coefficient (Wildman–Crippen LogP) is 5.51. The Kier molecular flexibility index (Phi) is 9.18. The van der Waals surface area contributed by atoms with E-state index in [0.717, 1.165) is 83.2 Å². The lowest BCUT2D eigenvalue weighted by atomic mass is 9.89. The highest BCUT2D eigenvalue weighted by atomic mass is 16.5. The Morgan fingerprint density at radius 1 is 0.895 bits per heavy atom. The highest BCUT2D eigenvalue weighted by Crippen LogP contribution is 2.30. The molecular weight excluding hydrogens is 476 g/mol. The number of amides is 3. The first-order chi connectivity index (χ1) is 18.6. The summed E-state index contributed by atoms with van der Waals surface area (Å²) in [7, 11) is 0. The Hall–Kier alpha value is -3.06. The van der Waals surface area contributed by atoms with E-state index in [0.29, 0.717) is 23.7 Å². The number of hydrogen-bond acceptors (Lipinski definition) is 4. The minimum absolute atomic E-state index is 0.0821. The van der Waals surface area contributed by atoms with Gasteiger partial charge in [-0.05, 0) is 74.6 Å². The van der Waals surface area contributed by atoms with Gasteiger partial charge in [-0.15, -0.1) is 0 Å². The molecule has 1 unspecified atom stereocenters. The van der Waals surface area contributed by atoms with Gasteiger partial charge in [0, 0.05) is 43.7 Å². The van der Waals surface area contributed by atoms with Crippen molar-refractivity contribution in [1.29, 1.82) is 0 Å². The number of rotatable bonds is 8. The van der Waals surface area contributed by atoms with Crippen molar-refractivity contribution in [3.63, 3.8) is 0 Å². The van der Waals surface area contributed by atoms with Crippen LogP contribution in [0.1, 0.15) is 73.7 Å². The van der Waals surface area contributed by atoms with Crippen molar-refractivity contribution in [2.45, 2.75) is 76.4 Å². The third-order valence-electron chi connectivity index (χ3n) is 8.28. The number of nitrogens with one attached hydrogen (secondary N) is 3. The summed E-state index contributed by atoms with van der Waals surface area (Å²) in [6.07, 6.45) is 11.0. The van der Waals surface area contributed by atoms with Gasteiger partial charge < -0.3 is 25.6 Å². The summed E-state index contributed by atoms with van der Waals surface area (Å²) in [5, 5.41) is 9.17. The molecule has 1 saturated carbocycles. The zero-order valence-corrected chi connectivity index (χ0v) is 22.4. The summed E-state index contributed by atoms with van der Waals surface area (Å²) < 4.78 is 5.70. The number of carbonyl (C=O) groups excluding carboxylic acids is 2. The van der Waals surface area contributed by atoms with Crippen LogP contribution in [0, 0.1) is 5.92 Å². The molecule has 3 aliphatic rings. The molecule has 38 heavy (non-hydrogen) atoms. The smallest absolute Gasteiger partial charge is 0.319 e. The number of benzene rings is 2. The zero-order valence-electron chi connectivity index (χ0n) is 22.4. The van der Waals surface area contributed by atoms with Crippen molar-refractivity contribution < 1.29 is 14.3 Å². The molecule has 5 rings (SSSR count). The van der Waals surface area contributed by atoms with Crippen molar-refractivity contribution in [2.75, 3.05) is 36.5 Å². The molecule has 2 aliphatic heterocycles. The highest BCUT2D eigenvalue weighted by molar-refractivity contribution is 6.02. The van der Waals surface area contributed by atoms with Gasteiger partial charge in [-0.25, -0.2) is 4.79 Å². The van der Waals surface area contributed by atoms with Crippen molar-refractivity contribution in [3.8, 4) is 0 Å². The van der Waals surface area contributed by atoms with Gasteiger partial charge >= 0.3 is 6.03 Å². The van der Waals surface area contributed by atoms with Crippen LogP contribution < -0.4 is 20.9 Å². The molecule has 1 aliphatic carbocycles. The molecule has 7 nitrogen and oxygen atoms in total. The van der Waals surface area contributed by atoms with Crippen LogP contribution in [-0.4, -0.2) is 50.3 Å². The largest absolute Gasteiger partial charge is 0.376 e. The van der Waals surface area contributed by atoms with E-state index < -0.39 is 0 Å². The fourth-order valence-corrected chi connectivity index (χ4v) is 6.10. The summed E-state index contributed by atoms with van der Waals surface area (Å²) in [4.78, 5) is 28.4. The molecule has 1 atom stereocenters. The second-order valence-corrected chi connectivity index (χ2v) is 11.1. The predicted molar refractivity (Wildman–Crippen MR) is 152 cm³/mol. The van der Waals surface area contributed by atoms with Crippen LogP contribution in [0.15, 0.2) is 48.5 Å². The van der Waals surface area contributed by atoms with Crippen molar-refractivity contribution in [2.24, 2.45) is 5.92 Å². The first-order valence-corrected chi connectivity index (χ1v) is 14.5. The van der Waals surface area contributed by atoms with Crippen molar-refractivity contribution in [1.82, 2.24) is 10.6 Å². The van der Waals surface area contributed by atoms with Crippen LogP contribution in [0.5, 0.6) is 0 Å². The van der Waals surface area contributed by atoms with E-state index in [1.165, 1.54) is 12.0 Å². The molecule has 2 heterocycles. The van der Waals surface area contributed by atoms with Crippen molar-refractivity contribution >= 4 is 23.3 Å². The van der Waals surface area contributed by atoms with Gasteiger partial charge in [0.25, 0.3) is 5.91 Å². The molecule has 0 radical (unpaired) electrons. The molecular formula is C31H42N4O3. The van der Waals surface area contributed by atoms with E-state index in [9.17, 15) is 9.59 Å². The summed E-state index contributed by atoms with van der Waals surface area (Å²) in [6, 6.07) is 16.5. The normalized spacial score (nSPS) is 20.7. The lowest BCUT2D eigenvalue weighted by molar-refractivity contribution is 0.0858. The lowest BCUT2D eigenvalue weighted by Crippen LogP contribution is -2.39. The SMILES string of the molecule is O=C(Nc1ccc(N2CCC(Cc3ccccc3)CC2)c(C(=O)NCC2CCCO2)c1)NC1CCCCC1. The van der Waals surface area contributed by atoms with Gasteiger partial charge in [-0.1, -0.05) is 49.6 Å². The maximum atomic E-state index is 13.4. The van der Waals surface area contributed by atoms with Crippen LogP contribution in [-0.2, 0) is 11.2 Å². The van der Waals surface area contributed by atoms with E-state index in [2.05, 4.69) is 51.2 Å². The van der Waals surface area contributed by atoms with E-state index in [1.807, 2.05) is 18.2 Å². The van der Waals surface area contributed by atoms with Gasteiger partial charge in [0.1, 0.15) is 0 Å². The number of carbonyl (C=O) groups is 2. The summed E-state index contributed by atoms with van der Waals surface area (Å²) in [6.45, 7) is 3.10.